The molecular formula is C12H12N2O3S. The Kier molecular flexibility index (Phi) is 3.66. The summed E-state index contributed by atoms with van der Waals surface area (Å²) in [5.41, 5.74) is 0.738. The second-order valence-electron chi connectivity index (χ2n) is 3.97. The van der Waals surface area contributed by atoms with Crippen molar-refractivity contribution in [1.82, 2.24) is 10.0 Å². The number of nitrogens with zero attached hydrogens (tertiary/aromatic N) is 2. The van der Waals surface area contributed by atoms with Crippen LogP contribution in [0.2, 0.25) is 0 Å². The van der Waals surface area contributed by atoms with Gasteiger partial charge in [0.2, 0.25) is 5.05 Å². The van der Waals surface area contributed by atoms with Crippen molar-refractivity contribution in [3.8, 4) is 0 Å². The van der Waals surface area contributed by atoms with Gasteiger partial charge in [0.15, 0.2) is 0 Å². The van der Waals surface area contributed by atoms with Crippen molar-refractivity contribution in [1.29, 1.82) is 0 Å². The van der Waals surface area contributed by atoms with Gasteiger partial charge in [-0.3, -0.25) is 14.6 Å². The molecule has 1 atom stereocenters. The molecule has 1 unspecified atom stereocenters. The lowest BCUT2D eigenvalue weighted by atomic mass is 10.1. The van der Waals surface area contributed by atoms with Gasteiger partial charge in [-0.2, -0.15) is 0 Å². The number of rotatable bonds is 3. The summed E-state index contributed by atoms with van der Waals surface area (Å²) < 4.78 is 0. The van der Waals surface area contributed by atoms with Crippen LogP contribution in [0, 0.1) is 0 Å². The van der Waals surface area contributed by atoms with Crippen LogP contribution < -0.4 is 0 Å². The van der Waals surface area contributed by atoms with Crippen LogP contribution in [0.4, 0.5) is 0 Å². The number of hydrogen-bond acceptors (Lipinski definition) is 5. The molecule has 2 rings (SSSR count). The molecule has 0 N–H and O–H groups in total. The molecular weight excluding hydrogens is 252 g/mol. The van der Waals surface area contributed by atoms with E-state index in [1.54, 1.807) is 12.3 Å². The molecule has 0 aliphatic carbocycles. The summed E-state index contributed by atoms with van der Waals surface area (Å²) in [6.45, 7) is 1.82. The molecule has 2 heterocycles. The largest absolute Gasteiger partial charge is 0.361 e. The molecule has 1 aromatic heterocycles. The summed E-state index contributed by atoms with van der Waals surface area (Å²) in [5.74, 6) is -0.964. The number of carbonyl (C=O) groups excluding carboxylic acids is 2. The van der Waals surface area contributed by atoms with Crippen molar-refractivity contribution in [2.75, 3.05) is 0 Å². The van der Waals surface area contributed by atoms with Gasteiger partial charge in [0.25, 0.3) is 11.8 Å². The maximum atomic E-state index is 11.4. The molecule has 1 fully saturated rings. The molecule has 1 aliphatic rings. The van der Waals surface area contributed by atoms with E-state index in [-0.39, 0.29) is 35.6 Å². The van der Waals surface area contributed by atoms with Crippen molar-refractivity contribution in [3.63, 3.8) is 0 Å². The van der Waals surface area contributed by atoms with Gasteiger partial charge in [0.1, 0.15) is 0 Å². The Labute approximate surface area is 110 Å². The zero-order valence-electron chi connectivity index (χ0n) is 9.83. The highest BCUT2D eigenvalue weighted by Crippen LogP contribution is 2.19. The molecule has 18 heavy (non-hydrogen) atoms. The average Bonchev–Trinajstić information content (AvgIpc) is 2.70. The van der Waals surface area contributed by atoms with Crippen molar-refractivity contribution in [3.05, 3.63) is 30.1 Å². The maximum absolute atomic E-state index is 11.4. The topological polar surface area (TPSA) is 59.5 Å². The molecule has 1 saturated heterocycles. The lowest BCUT2D eigenvalue weighted by Gasteiger charge is -2.18. The summed E-state index contributed by atoms with van der Waals surface area (Å²) in [6.07, 6.45) is 2.01. The van der Waals surface area contributed by atoms with E-state index in [0.717, 1.165) is 10.8 Å². The van der Waals surface area contributed by atoms with E-state index in [1.807, 2.05) is 19.1 Å². The minimum absolute atomic E-state index is 0.164. The highest BCUT2D eigenvalue weighted by Gasteiger charge is 2.33. The average molecular weight is 264 g/mol. The first-order chi connectivity index (χ1) is 8.59. The second-order valence-corrected chi connectivity index (χ2v) is 4.37. The van der Waals surface area contributed by atoms with E-state index in [1.165, 1.54) is 0 Å². The summed E-state index contributed by atoms with van der Waals surface area (Å²) in [4.78, 5) is 32.1. The molecule has 5 nitrogen and oxygen atoms in total. The van der Waals surface area contributed by atoms with Gasteiger partial charge in [-0.15, -0.1) is 5.06 Å². The Morgan fingerprint density at radius 3 is 2.61 bits per heavy atom. The van der Waals surface area contributed by atoms with Crippen LogP contribution in [0.15, 0.2) is 24.4 Å². The van der Waals surface area contributed by atoms with Crippen LogP contribution in [0.3, 0.4) is 0 Å². The number of hydrogen-bond donors (Lipinski definition) is 0. The first-order valence-corrected chi connectivity index (χ1v) is 5.99. The smallest absolute Gasteiger partial charge is 0.263 e. The molecule has 0 aromatic carbocycles. The number of aromatic nitrogens is 1. The van der Waals surface area contributed by atoms with Crippen LogP contribution in [-0.4, -0.2) is 26.9 Å². The number of pyridine rings is 1. The number of imide groups is 1. The minimum atomic E-state index is -0.351. The zero-order valence-corrected chi connectivity index (χ0v) is 10.6. The van der Waals surface area contributed by atoms with E-state index in [9.17, 15) is 9.59 Å². The van der Waals surface area contributed by atoms with Gasteiger partial charge in [-0.05, 0) is 31.3 Å². The Hall–Kier alpha value is -1.82. The third-order valence-electron chi connectivity index (χ3n) is 2.67. The Morgan fingerprint density at radius 2 is 2.06 bits per heavy atom. The molecule has 94 valence electrons. The number of hydroxylamine groups is 2. The van der Waals surface area contributed by atoms with Gasteiger partial charge in [0.05, 0.1) is 11.6 Å². The second kappa shape index (κ2) is 5.22. The Bertz CT molecular complexity index is 473. The highest BCUT2D eigenvalue weighted by molar-refractivity contribution is 7.80. The van der Waals surface area contributed by atoms with E-state index < -0.39 is 0 Å². The zero-order chi connectivity index (χ0) is 13.1. The fourth-order valence-electron chi connectivity index (χ4n) is 1.58. The van der Waals surface area contributed by atoms with Crippen molar-refractivity contribution in [2.45, 2.75) is 25.7 Å². The van der Waals surface area contributed by atoms with E-state index in [4.69, 9.17) is 17.1 Å². The maximum Gasteiger partial charge on any atom is 0.263 e. The van der Waals surface area contributed by atoms with Crippen molar-refractivity contribution >= 4 is 29.1 Å². The van der Waals surface area contributed by atoms with E-state index in [0.29, 0.717) is 0 Å². The first kappa shape index (κ1) is 12.6. The lowest BCUT2D eigenvalue weighted by molar-refractivity contribution is -0.167. The van der Waals surface area contributed by atoms with E-state index in [2.05, 4.69) is 4.98 Å². The van der Waals surface area contributed by atoms with Gasteiger partial charge >= 0.3 is 0 Å². The summed E-state index contributed by atoms with van der Waals surface area (Å²) in [5, 5.41) is 0.916. The van der Waals surface area contributed by atoms with Crippen LogP contribution in [-0.2, 0) is 14.4 Å². The fraction of sp³-hybridized carbons (Fsp3) is 0.333. The summed E-state index contributed by atoms with van der Waals surface area (Å²) >= 11 is 5.09. The molecule has 6 heteroatoms. The van der Waals surface area contributed by atoms with Gasteiger partial charge in [0, 0.05) is 19.0 Å². The number of amides is 2. The SMILES string of the molecule is CC(C(=S)ON1C(=O)CCC1=O)c1ccccn1. The predicted molar refractivity (Wildman–Crippen MR) is 67.4 cm³/mol. The minimum Gasteiger partial charge on any atom is -0.361 e. The number of carbonyl (C=O) groups is 2. The summed E-state index contributed by atoms with van der Waals surface area (Å²) in [6, 6.07) is 5.45. The van der Waals surface area contributed by atoms with Gasteiger partial charge < -0.3 is 4.84 Å². The fourth-order valence-corrected chi connectivity index (χ4v) is 1.78. The monoisotopic (exact) mass is 264 g/mol. The van der Waals surface area contributed by atoms with Gasteiger partial charge in [-0.25, -0.2) is 0 Å². The third-order valence-corrected chi connectivity index (χ3v) is 3.10. The van der Waals surface area contributed by atoms with Crippen molar-refractivity contribution in [2.24, 2.45) is 0 Å². The summed E-state index contributed by atoms with van der Waals surface area (Å²) in [7, 11) is 0. The quantitative estimate of drug-likeness (QED) is 0.613. The predicted octanol–water partition coefficient (Wildman–Crippen LogP) is 1.59. The Balaban J connectivity index is 2.04. The molecule has 1 aromatic rings. The Morgan fingerprint density at radius 1 is 1.39 bits per heavy atom. The standard InChI is InChI=1S/C12H12N2O3S/c1-8(9-4-2-3-7-13-9)12(18)17-14-10(15)5-6-11(14)16/h2-4,7-8H,5-6H2,1H3. The van der Waals surface area contributed by atoms with Crippen molar-refractivity contribution < 1.29 is 14.4 Å². The normalized spacial score (nSPS) is 16.8. The van der Waals surface area contributed by atoms with Gasteiger partial charge in [-0.1, -0.05) is 6.07 Å². The van der Waals surface area contributed by atoms with E-state index >= 15 is 0 Å². The molecule has 1 aliphatic heterocycles. The third kappa shape index (κ3) is 2.53. The van der Waals surface area contributed by atoms with Crippen LogP contribution in [0.25, 0.3) is 0 Å². The molecule has 0 bridgehead atoms. The lowest BCUT2D eigenvalue weighted by Crippen LogP contribution is -2.33. The first-order valence-electron chi connectivity index (χ1n) is 5.58. The molecule has 0 saturated carbocycles. The molecule has 2 amide bonds. The van der Waals surface area contributed by atoms with Crippen LogP contribution in [0.5, 0.6) is 0 Å². The highest BCUT2D eigenvalue weighted by atomic mass is 32.1. The molecule has 0 spiro atoms. The molecule has 0 radical (unpaired) electrons. The number of thiocarbonyl (C=S) groups is 1. The van der Waals surface area contributed by atoms with Crippen LogP contribution >= 0.6 is 12.2 Å². The van der Waals surface area contributed by atoms with Crippen LogP contribution in [0.1, 0.15) is 31.4 Å².